The second-order valence-electron chi connectivity index (χ2n) is 6.68. The number of fused-ring (bicyclic) bond motifs is 1. The van der Waals surface area contributed by atoms with Crippen LogP contribution in [0.5, 0.6) is 0 Å². The Morgan fingerprint density at radius 2 is 1.86 bits per heavy atom. The third-order valence-electron chi connectivity index (χ3n) is 4.61. The van der Waals surface area contributed by atoms with Gasteiger partial charge in [0.2, 0.25) is 11.8 Å². The minimum absolute atomic E-state index is 0.0271. The highest BCUT2D eigenvalue weighted by Gasteiger charge is 2.20. The number of benzene rings is 2. The summed E-state index contributed by atoms with van der Waals surface area (Å²) in [7, 11) is 0. The molecule has 1 aliphatic heterocycles. The molecule has 0 saturated heterocycles. The molecule has 2 aromatic carbocycles. The Hall–Kier alpha value is -2.67. The Morgan fingerprint density at radius 3 is 2.57 bits per heavy atom. The normalized spacial score (nSPS) is 12.9. The van der Waals surface area contributed by atoms with Gasteiger partial charge in [-0.3, -0.25) is 14.4 Å². The van der Waals surface area contributed by atoms with E-state index in [4.69, 9.17) is 0 Å². The summed E-state index contributed by atoms with van der Waals surface area (Å²) in [6.45, 7) is 2.54. The van der Waals surface area contributed by atoms with Crippen LogP contribution in [0.15, 0.2) is 46.9 Å². The maximum absolute atomic E-state index is 12.2. The molecule has 146 valence electrons. The molecule has 6 nitrogen and oxygen atoms in total. The van der Waals surface area contributed by atoms with Crippen LogP contribution in [0.2, 0.25) is 0 Å². The molecule has 0 fully saturated rings. The van der Waals surface area contributed by atoms with E-state index in [0.717, 1.165) is 35.1 Å². The van der Waals surface area contributed by atoms with E-state index in [0.29, 0.717) is 11.3 Å². The molecular formula is C21H22BrN3O3. The highest BCUT2D eigenvalue weighted by molar-refractivity contribution is 9.10. The number of amides is 3. The number of halogens is 1. The lowest BCUT2D eigenvalue weighted by Crippen LogP contribution is -2.33. The van der Waals surface area contributed by atoms with Crippen LogP contribution in [0.25, 0.3) is 0 Å². The molecule has 0 saturated carbocycles. The molecule has 0 aromatic heterocycles. The van der Waals surface area contributed by atoms with Gasteiger partial charge in [0, 0.05) is 47.8 Å². The van der Waals surface area contributed by atoms with Gasteiger partial charge in [-0.05, 0) is 60.9 Å². The van der Waals surface area contributed by atoms with Crippen LogP contribution < -0.4 is 15.5 Å². The predicted molar refractivity (Wildman–Crippen MR) is 113 cm³/mol. The predicted octanol–water partition coefficient (Wildman–Crippen LogP) is 3.51. The average molecular weight is 444 g/mol. The van der Waals surface area contributed by atoms with Gasteiger partial charge in [0.1, 0.15) is 0 Å². The van der Waals surface area contributed by atoms with Gasteiger partial charge in [-0.2, -0.15) is 0 Å². The molecule has 3 amide bonds. The van der Waals surface area contributed by atoms with Crippen LogP contribution in [0.4, 0.5) is 11.4 Å². The van der Waals surface area contributed by atoms with Crippen LogP contribution in [-0.4, -0.2) is 30.8 Å². The van der Waals surface area contributed by atoms with Gasteiger partial charge in [-0.1, -0.05) is 15.9 Å². The minimum Gasteiger partial charge on any atom is -0.352 e. The van der Waals surface area contributed by atoms with Crippen molar-refractivity contribution >= 4 is 45.0 Å². The lowest BCUT2D eigenvalue weighted by atomic mass is 10.0. The maximum atomic E-state index is 12.2. The summed E-state index contributed by atoms with van der Waals surface area (Å²) in [6, 6.07) is 12.6. The van der Waals surface area contributed by atoms with Crippen LogP contribution in [0.1, 0.15) is 35.7 Å². The molecule has 0 atom stereocenters. The van der Waals surface area contributed by atoms with E-state index in [-0.39, 0.29) is 30.7 Å². The van der Waals surface area contributed by atoms with E-state index in [1.54, 1.807) is 42.2 Å². The fraction of sp³-hybridized carbons (Fsp3) is 0.286. The van der Waals surface area contributed by atoms with Gasteiger partial charge in [0.25, 0.3) is 5.91 Å². The van der Waals surface area contributed by atoms with Crippen molar-refractivity contribution < 1.29 is 14.4 Å². The van der Waals surface area contributed by atoms with E-state index in [1.807, 2.05) is 12.1 Å². The van der Waals surface area contributed by atoms with Crippen molar-refractivity contribution in [3.63, 3.8) is 0 Å². The first-order valence-electron chi connectivity index (χ1n) is 9.18. The summed E-state index contributed by atoms with van der Waals surface area (Å²) >= 11 is 3.33. The first kappa shape index (κ1) is 20.1. The zero-order chi connectivity index (χ0) is 20.1. The van der Waals surface area contributed by atoms with Crippen LogP contribution in [0, 0.1) is 0 Å². The highest BCUT2D eigenvalue weighted by atomic mass is 79.9. The van der Waals surface area contributed by atoms with Gasteiger partial charge in [-0.25, -0.2) is 0 Å². The smallest absolute Gasteiger partial charge is 0.251 e. The van der Waals surface area contributed by atoms with Crippen LogP contribution in [-0.2, 0) is 16.0 Å². The van der Waals surface area contributed by atoms with Crippen molar-refractivity contribution in [3.8, 4) is 0 Å². The fourth-order valence-electron chi connectivity index (χ4n) is 3.22. The number of carbonyl (C=O) groups excluding carboxylic acids is 3. The van der Waals surface area contributed by atoms with E-state index < -0.39 is 0 Å². The molecule has 1 aliphatic rings. The third-order valence-corrected chi connectivity index (χ3v) is 5.13. The van der Waals surface area contributed by atoms with Gasteiger partial charge in [0.05, 0.1) is 0 Å². The highest BCUT2D eigenvalue weighted by Crippen LogP contribution is 2.29. The van der Waals surface area contributed by atoms with Crippen LogP contribution >= 0.6 is 15.9 Å². The molecule has 3 rings (SSSR count). The number of nitrogens with zero attached hydrogens (tertiary/aromatic N) is 1. The Morgan fingerprint density at radius 1 is 1.11 bits per heavy atom. The number of nitrogens with one attached hydrogen (secondary N) is 2. The largest absolute Gasteiger partial charge is 0.352 e. The molecule has 7 heteroatoms. The number of hydrogen-bond acceptors (Lipinski definition) is 3. The monoisotopic (exact) mass is 443 g/mol. The molecule has 0 spiro atoms. The van der Waals surface area contributed by atoms with Gasteiger partial charge in [-0.15, -0.1) is 0 Å². The Balaban J connectivity index is 1.52. The summed E-state index contributed by atoms with van der Waals surface area (Å²) in [4.78, 5) is 37.7. The zero-order valence-electron chi connectivity index (χ0n) is 15.6. The zero-order valence-corrected chi connectivity index (χ0v) is 17.2. The maximum Gasteiger partial charge on any atom is 0.251 e. The molecule has 2 N–H and O–H groups in total. The first-order valence-corrected chi connectivity index (χ1v) is 9.98. The Bertz CT molecular complexity index is 896. The summed E-state index contributed by atoms with van der Waals surface area (Å²) in [5.74, 6) is -0.354. The summed E-state index contributed by atoms with van der Waals surface area (Å²) in [5, 5.41) is 5.60. The molecule has 0 radical (unpaired) electrons. The fourth-order valence-corrected chi connectivity index (χ4v) is 3.48. The number of hydrogen-bond donors (Lipinski definition) is 2. The molecule has 28 heavy (non-hydrogen) atoms. The number of anilines is 2. The van der Waals surface area contributed by atoms with E-state index in [2.05, 4.69) is 26.6 Å². The second kappa shape index (κ2) is 9.01. The Labute approximate surface area is 172 Å². The van der Waals surface area contributed by atoms with Crippen molar-refractivity contribution in [3.05, 3.63) is 58.1 Å². The Kier molecular flexibility index (Phi) is 6.46. The number of carbonyl (C=O) groups is 3. The average Bonchev–Trinajstić information content (AvgIpc) is 2.67. The molecule has 1 heterocycles. The summed E-state index contributed by atoms with van der Waals surface area (Å²) in [5.41, 5.74) is 3.23. The van der Waals surface area contributed by atoms with E-state index in [1.165, 1.54) is 0 Å². The van der Waals surface area contributed by atoms with Gasteiger partial charge >= 0.3 is 0 Å². The topological polar surface area (TPSA) is 78.5 Å². The molecule has 2 aromatic rings. The molecule has 0 unspecified atom stereocenters. The first-order chi connectivity index (χ1) is 13.4. The van der Waals surface area contributed by atoms with E-state index in [9.17, 15) is 14.4 Å². The van der Waals surface area contributed by atoms with Crippen molar-refractivity contribution in [1.82, 2.24) is 5.32 Å². The lowest BCUT2D eigenvalue weighted by molar-refractivity contribution is -0.117. The molecule has 0 bridgehead atoms. The number of aryl methyl sites for hydroxylation is 1. The lowest BCUT2D eigenvalue weighted by Gasteiger charge is -2.29. The van der Waals surface area contributed by atoms with Crippen molar-refractivity contribution in [2.75, 3.05) is 23.3 Å². The molecular weight excluding hydrogens is 422 g/mol. The summed E-state index contributed by atoms with van der Waals surface area (Å²) in [6.07, 6.45) is 1.97. The SMILES string of the molecule is CC(=O)N1CCCc2cc(NC(=O)CCNC(=O)c3ccc(Br)cc3)ccc21. The molecule has 0 aliphatic carbocycles. The second-order valence-corrected chi connectivity index (χ2v) is 7.59. The third kappa shape index (κ3) is 4.98. The van der Waals surface area contributed by atoms with Crippen molar-refractivity contribution in [2.45, 2.75) is 26.2 Å². The summed E-state index contributed by atoms with van der Waals surface area (Å²) < 4.78 is 0.903. The standard InChI is InChI=1S/C21H22BrN3O3/c1-14(26)25-12-2-3-16-13-18(8-9-19(16)25)24-20(27)10-11-23-21(28)15-4-6-17(22)7-5-15/h4-9,13H,2-3,10-12H2,1H3,(H,23,28)(H,24,27). The minimum atomic E-state index is -0.210. The quantitative estimate of drug-likeness (QED) is 0.741. The van der Waals surface area contributed by atoms with Crippen molar-refractivity contribution in [2.24, 2.45) is 0 Å². The van der Waals surface area contributed by atoms with E-state index >= 15 is 0 Å². The van der Waals surface area contributed by atoms with Gasteiger partial charge < -0.3 is 15.5 Å². The van der Waals surface area contributed by atoms with Gasteiger partial charge in [0.15, 0.2) is 0 Å². The number of rotatable bonds is 5. The van der Waals surface area contributed by atoms with Crippen molar-refractivity contribution in [1.29, 1.82) is 0 Å². The van der Waals surface area contributed by atoms with Crippen LogP contribution in [0.3, 0.4) is 0 Å².